The summed E-state index contributed by atoms with van der Waals surface area (Å²) in [6.45, 7) is 1.66. The molecule has 6 heteroatoms. The van der Waals surface area contributed by atoms with E-state index in [0.717, 1.165) is 0 Å². The van der Waals surface area contributed by atoms with Crippen LogP contribution in [0.15, 0.2) is 24.3 Å². The fourth-order valence-corrected chi connectivity index (χ4v) is 1.42. The molecule has 0 aromatic heterocycles. The Morgan fingerprint density at radius 3 is 2.63 bits per heavy atom. The molecule has 0 aliphatic carbocycles. The Labute approximate surface area is 111 Å². The predicted molar refractivity (Wildman–Crippen MR) is 68.1 cm³/mol. The van der Waals surface area contributed by atoms with Crippen molar-refractivity contribution >= 4 is 12.0 Å². The van der Waals surface area contributed by atoms with Gasteiger partial charge in [-0.15, -0.1) is 0 Å². The fourth-order valence-electron chi connectivity index (χ4n) is 1.42. The van der Waals surface area contributed by atoms with Gasteiger partial charge in [0, 0.05) is 25.7 Å². The van der Waals surface area contributed by atoms with Gasteiger partial charge in [-0.05, 0) is 6.07 Å². The molecule has 1 atom stereocenters. The van der Waals surface area contributed by atoms with Gasteiger partial charge in [-0.25, -0.2) is 9.18 Å². The van der Waals surface area contributed by atoms with E-state index in [-0.39, 0.29) is 18.9 Å². The largest absolute Gasteiger partial charge is 0.481 e. The minimum Gasteiger partial charge on any atom is -0.481 e. The molecule has 1 unspecified atom stereocenters. The highest BCUT2D eigenvalue weighted by molar-refractivity contribution is 5.75. The van der Waals surface area contributed by atoms with E-state index in [2.05, 4.69) is 5.32 Å². The lowest BCUT2D eigenvalue weighted by molar-refractivity contribution is -0.140. The van der Waals surface area contributed by atoms with Crippen molar-refractivity contribution in [3.63, 3.8) is 0 Å². The Balaban J connectivity index is 2.50. The lowest BCUT2D eigenvalue weighted by Gasteiger charge is -2.19. The second-order valence-electron chi connectivity index (χ2n) is 4.37. The molecule has 0 fully saturated rings. The lowest BCUT2D eigenvalue weighted by atomic mass is 10.2. The molecule has 104 valence electrons. The number of urea groups is 1. The number of rotatable bonds is 5. The summed E-state index contributed by atoms with van der Waals surface area (Å²) in [7, 11) is 1.52. The van der Waals surface area contributed by atoms with Gasteiger partial charge in [0.15, 0.2) is 0 Å². The van der Waals surface area contributed by atoms with E-state index in [4.69, 9.17) is 5.11 Å². The summed E-state index contributed by atoms with van der Waals surface area (Å²) >= 11 is 0. The Kier molecular flexibility index (Phi) is 5.29. The zero-order valence-electron chi connectivity index (χ0n) is 10.9. The summed E-state index contributed by atoms with van der Waals surface area (Å²) in [4.78, 5) is 23.6. The summed E-state index contributed by atoms with van der Waals surface area (Å²) < 4.78 is 13.4. The summed E-state index contributed by atoms with van der Waals surface area (Å²) in [5.41, 5.74) is 0.409. The maximum Gasteiger partial charge on any atom is 0.317 e. The van der Waals surface area contributed by atoms with Gasteiger partial charge in [0.25, 0.3) is 0 Å². The second-order valence-corrected chi connectivity index (χ2v) is 4.37. The monoisotopic (exact) mass is 268 g/mol. The topological polar surface area (TPSA) is 69.6 Å². The normalized spacial score (nSPS) is 11.7. The zero-order chi connectivity index (χ0) is 14.4. The number of carboxylic acid groups (broad SMARTS) is 1. The molecule has 0 saturated carbocycles. The van der Waals surface area contributed by atoms with Crippen LogP contribution in [0, 0.1) is 11.7 Å². The van der Waals surface area contributed by atoms with Gasteiger partial charge >= 0.3 is 12.0 Å². The molecule has 0 aliphatic heterocycles. The van der Waals surface area contributed by atoms with Crippen molar-refractivity contribution in [1.82, 2.24) is 10.2 Å². The van der Waals surface area contributed by atoms with Gasteiger partial charge in [0.05, 0.1) is 5.92 Å². The van der Waals surface area contributed by atoms with Gasteiger partial charge in [-0.2, -0.15) is 0 Å². The molecular formula is C13H17FN2O3. The van der Waals surface area contributed by atoms with E-state index in [1.165, 1.54) is 24.9 Å². The van der Waals surface area contributed by atoms with Crippen molar-refractivity contribution in [2.45, 2.75) is 13.5 Å². The standard InChI is InChI=1S/C13H17FN2O3/c1-9(12(17)18)7-15-13(19)16(2)8-10-5-3-4-6-11(10)14/h3-6,9H,7-8H2,1-2H3,(H,15,19)(H,17,18). The van der Waals surface area contributed by atoms with Gasteiger partial charge in [0.1, 0.15) is 5.82 Å². The number of carbonyl (C=O) groups excluding carboxylic acids is 1. The minimum atomic E-state index is -0.975. The molecule has 19 heavy (non-hydrogen) atoms. The Morgan fingerprint density at radius 1 is 1.42 bits per heavy atom. The van der Waals surface area contributed by atoms with Crippen molar-refractivity contribution in [2.75, 3.05) is 13.6 Å². The number of aliphatic carboxylic acids is 1. The average molecular weight is 268 g/mol. The highest BCUT2D eigenvalue weighted by Crippen LogP contribution is 2.08. The Hall–Kier alpha value is -2.11. The summed E-state index contributed by atoms with van der Waals surface area (Å²) in [5.74, 6) is -2.01. The fraction of sp³-hybridized carbons (Fsp3) is 0.385. The van der Waals surface area contributed by atoms with Crippen LogP contribution in [-0.2, 0) is 11.3 Å². The first-order valence-electron chi connectivity index (χ1n) is 5.87. The summed E-state index contributed by atoms with van der Waals surface area (Å²) in [6.07, 6.45) is 0. The third-order valence-electron chi connectivity index (χ3n) is 2.69. The molecule has 5 nitrogen and oxygen atoms in total. The quantitative estimate of drug-likeness (QED) is 0.853. The number of hydrogen-bond donors (Lipinski definition) is 2. The molecule has 2 amide bonds. The van der Waals surface area contributed by atoms with E-state index in [1.54, 1.807) is 18.2 Å². The van der Waals surface area contributed by atoms with Crippen LogP contribution in [0.3, 0.4) is 0 Å². The Morgan fingerprint density at radius 2 is 2.05 bits per heavy atom. The molecule has 1 aromatic rings. The van der Waals surface area contributed by atoms with E-state index in [9.17, 15) is 14.0 Å². The molecule has 0 aliphatic rings. The van der Waals surface area contributed by atoms with Gasteiger partial charge < -0.3 is 15.3 Å². The highest BCUT2D eigenvalue weighted by atomic mass is 19.1. The van der Waals surface area contributed by atoms with Crippen LogP contribution in [0.1, 0.15) is 12.5 Å². The number of carboxylic acids is 1. The third-order valence-corrected chi connectivity index (χ3v) is 2.69. The van der Waals surface area contributed by atoms with E-state index in [0.29, 0.717) is 5.56 Å². The number of halogens is 1. The number of amides is 2. The maximum absolute atomic E-state index is 13.4. The number of carbonyl (C=O) groups is 2. The van der Waals surface area contributed by atoms with Crippen molar-refractivity contribution in [2.24, 2.45) is 5.92 Å². The number of nitrogens with zero attached hydrogens (tertiary/aromatic N) is 1. The SMILES string of the molecule is CC(CNC(=O)N(C)Cc1ccccc1F)C(=O)O. The van der Waals surface area contributed by atoms with Crippen molar-refractivity contribution in [3.05, 3.63) is 35.6 Å². The van der Waals surface area contributed by atoms with Crippen LogP contribution in [0.5, 0.6) is 0 Å². The van der Waals surface area contributed by atoms with E-state index >= 15 is 0 Å². The molecule has 0 spiro atoms. The maximum atomic E-state index is 13.4. The number of benzene rings is 1. The van der Waals surface area contributed by atoms with Crippen molar-refractivity contribution in [1.29, 1.82) is 0 Å². The minimum absolute atomic E-state index is 0.0375. The zero-order valence-corrected chi connectivity index (χ0v) is 10.9. The molecule has 1 rings (SSSR count). The highest BCUT2D eigenvalue weighted by Gasteiger charge is 2.15. The smallest absolute Gasteiger partial charge is 0.317 e. The van der Waals surface area contributed by atoms with E-state index in [1.807, 2.05) is 0 Å². The first-order chi connectivity index (χ1) is 8.91. The van der Waals surface area contributed by atoms with Gasteiger partial charge in [-0.3, -0.25) is 4.79 Å². The first-order valence-corrected chi connectivity index (χ1v) is 5.87. The van der Waals surface area contributed by atoms with Crippen LogP contribution >= 0.6 is 0 Å². The first kappa shape index (κ1) is 14.9. The molecule has 2 N–H and O–H groups in total. The van der Waals surface area contributed by atoms with E-state index < -0.39 is 17.9 Å². The van der Waals surface area contributed by atoms with Gasteiger partial charge in [-0.1, -0.05) is 25.1 Å². The van der Waals surface area contributed by atoms with Crippen molar-refractivity contribution < 1.29 is 19.1 Å². The molecule has 0 heterocycles. The van der Waals surface area contributed by atoms with Crippen LogP contribution < -0.4 is 5.32 Å². The molecule has 0 radical (unpaired) electrons. The number of nitrogens with one attached hydrogen (secondary N) is 1. The summed E-state index contributed by atoms with van der Waals surface area (Å²) in [6, 6.07) is 5.76. The lowest BCUT2D eigenvalue weighted by Crippen LogP contribution is -2.40. The molecular weight excluding hydrogens is 251 g/mol. The predicted octanol–water partition coefficient (Wildman–Crippen LogP) is 1.69. The average Bonchev–Trinajstić information content (AvgIpc) is 2.37. The van der Waals surface area contributed by atoms with Crippen LogP contribution in [0.2, 0.25) is 0 Å². The van der Waals surface area contributed by atoms with Crippen molar-refractivity contribution in [3.8, 4) is 0 Å². The molecule has 1 aromatic carbocycles. The second kappa shape index (κ2) is 6.72. The summed E-state index contributed by atoms with van der Waals surface area (Å²) in [5, 5.41) is 11.2. The van der Waals surface area contributed by atoms with Gasteiger partial charge in [0.2, 0.25) is 0 Å². The number of hydrogen-bond acceptors (Lipinski definition) is 2. The van der Waals surface area contributed by atoms with Crippen LogP contribution in [0.4, 0.5) is 9.18 Å². The molecule has 0 saturated heterocycles. The molecule has 0 bridgehead atoms. The third kappa shape index (κ3) is 4.57. The van der Waals surface area contributed by atoms with Crippen LogP contribution in [0.25, 0.3) is 0 Å². The Bertz CT molecular complexity index is 465. The van der Waals surface area contributed by atoms with Crippen LogP contribution in [-0.4, -0.2) is 35.6 Å².